The fourth-order valence-electron chi connectivity index (χ4n) is 2.55. The molecule has 0 saturated heterocycles. The van der Waals surface area contributed by atoms with Gasteiger partial charge < -0.3 is 10.2 Å². The third-order valence-corrected chi connectivity index (χ3v) is 5.42. The third-order valence-electron chi connectivity index (χ3n) is 3.49. The van der Waals surface area contributed by atoms with Crippen LogP contribution in [0.2, 0.25) is 0 Å². The minimum absolute atomic E-state index is 0.347. The minimum atomic E-state index is -0.347. The summed E-state index contributed by atoms with van der Waals surface area (Å²) in [5.41, 5.74) is 6.78. The van der Waals surface area contributed by atoms with Gasteiger partial charge in [0.2, 0.25) is 5.13 Å². The zero-order chi connectivity index (χ0) is 15.8. The SMILES string of the molecule is Nc1nnc(SCc2cc(=O)oc3ccc4ccccc4c23)s1. The molecular formula is C16H11N3O2S2. The van der Waals surface area contributed by atoms with E-state index < -0.39 is 0 Å². The highest BCUT2D eigenvalue weighted by atomic mass is 32.2. The molecule has 7 heteroatoms. The normalized spacial score (nSPS) is 11.3. The van der Waals surface area contributed by atoms with Crippen LogP contribution in [0, 0.1) is 0 Å². The number of thioether (sulfide) groups is 1. The van der Waals surface area contributed by atoms with Crippen molar-refractivity contribution in [2.75, 3.05) is 5.73 Å². The first kappa shape index (κ1) is 14.2. The van der Waals surface area contributed by atoms with E-state index >= 15 is 0 Å². The number of rotatable bonds is 3. The summed E-state index contributed by atoms with van der Waals surface area (Å²) in [5.74, 6) is 0.602. The van der Waals surface area contributed by atoms with Crippen molar-refractivity contribution in [1.82, 2.24) is 10.2 Å². The van der Waals surface area contributed by atoms with Gasteiger partial charge in [-0.05, 0) is 22.4 Å². The summed E-state index contributed by atoms with van der Waals surface area (Å²) in [7, 11) is 0. The first-order valence-electron chi connectivity index (χ1n) is 6.87. The molecule has 0 amide bonds. The molecule has 0 aliphatic heterocycles. The van der Waals surface area contributed by atoms with Crippen LogP contribution in [0.3, 0.4) is 0 Å². The number of hydrogen-bond donors (Lipinski definition) is 1. The number of nitrogens with two attached hydrogens (primary N) is 1. The number of hydrogen-bond acceptors (Lipinski definition) is 7. The molecule has 0 fully saturated rings. The molecule has 2 N–H and O–H groups in total. The van der Waals surface area contributed by atoms with Crippen molar-refractivity contribution in [2.45, 2.75) is 10.1 Å². The first-order chi connectivity index (χ1) is 11.2. The van der Waals surface area contributed by atoms with Crippen LogP contribution in [0.15, 0.2) is 56.0 Å². The van der Waals surface area contributed by atoms with Gasteiger partial charge in [-0.25, -0.2) is 4.79 Å². The number of anilines is 1. The summed E-state index contributed by atoms with van der Waals surface area (Å²) in [5, 5.41) is 11.4. The molecule has 2 aromatic heterocycles. The van der Waals surface area contributed by atoms with Crippen molar-refractivity contribution < 1.29 is 4.42 Å². The van der Waals surface area contributed by atoms with Crippen LogP contribution < -0.4 is 11.4 Å². The van der Waals surface area contributed by atoms with Crippen molar-refractivity contribution >= 4 is 50.0 Å². The molecule has 0 unspecified atom stereocenters. The zero-order valence-corrected chi connectivity index (χ0v) is 13.5. The standard InChI is InChI=1S/C16H11N3O2S2/c17-15-18-19-16(23-15)22-8-10-7-13(20)21-12-6-5-9-3-1-2-4-11(9)14(10)12/h1-7H,8H2,(H2,17,18). The molecule has 4 aromatic rings. The van der Waals surface area contributed by atoms with Crippen molar-refractivity contribution in [3.63, 3.8) is 0 Å². The Balaban J connectivity index is 1.86. The Morgan fingerprint density at radius 3 is 2.87 bits per heavy atom. The fourth-order valence-corrected chi connectivity index (χ4v) is 4.17. The summed E-state index contributed by atoms with van der Waals surface area (Å²) < 4.78 is 6.14. The van der Waals surface area contributed by atoms with E-state index in [4.69, 9.17) is 10.2 Å². The lowest BCUT2D eigenvalue weighted by Gasteiger charge is -2.07. The van der Waals surface area contributed by atoms with Gasteiger partial charge in [0.1, 0.15) is 5.58 Å². The van der Waals surface area contributed by atoms with Crippen molar-refractivity contribution in [2.24, 2.45) is 0 Å². The Hall–Kier alpha value is -2.38. The van der Waals surface area contributed by atoms with E-state index in [1.165, 1.54) is 23.1 Å². The van der Waals surface area contributed by atoms with Crippen molar-refractivity contribution in [3.8, 4) is 0 Å². The molecular weight excluding hydrogens is 330 g/mol. The van der Waals surface area contributed by atoms with Crippen LogP contribution >= 0.6 is 23.1 Å². The Labute approximate surface area is 139 Å². The van der Waals surface area contributed by atoms with Gasteiger partial charge in [0, 0.05) is 17.2 Å². The number of aromatic nitrogens is 2. The Morgan fingerprint density at radius 2 is 2.04 bits per heavy atom. The highest BCUT2D eigenvalue weighted by molar-refractivity contribution is 8.00. The average molecular weight is 341 g/mol. The summed E-state index contributed by atoms with van der Waals surface area (Å²) in [6.45, 7) is 0. The quantitative estimate of drug-likeness (QED) is 0.348. The smallest absolute Gasteiger partial charge is 0.336 e. The largest absolute Gasteiger partial charge is 0.423 e. The number of nitrogen functional groups attached to an aromatic ring is 1. The highest BCUT2D eigenvalue weighted by Gasteiger charge is 2.11. The molecule has 0 bridgehead atoms. The number of fused-ring (bicyclic) bond motifs is 3. The van der Waals surface area contributed by atoms with Crippen LogP contribution in [-0.4, -0.2) is 10.2 Å². The van der Waals surface area contributed by atoms with Gasteiger partial charge in [-0.2, -0.15) is 0 Å². The van der Waals surface area contributed by atoms with Crippen LogP contribution in [0.5, 0.6) is 0 Å². The Bertz CT molecular complexity index is 1070. The Morgan fingerprint density at radius 1 is 1.17 bits per heavy atom. The van der Waals surface area contributed by atoms with E-state index in [-0.39, 0.29) is 5.63 Å². The second-order valence-electron chi connectivity index (χ2n) is 4.95. The van der Waals surface area contributed by atoms with E-state index in [0.717, 1.165) is 26.1 Å². The molecule has 2 aromatic carbocycles. The van der Waals surface area contributed by atoms with E-state index in [2.05, 4.69) is 10.2 Å². The molecule has 0 radical (unpaired) electrons. The van der Waals surface area contributed by atoms with Gasteiger partial charge in [-0.3, -0.25) is 0 Å². The Kier molecular flexibility index (Phi) is 3.51. The molecule has 0 aliphatic rings. The maximum absolute atomic E-state index is 11.8. The van der Waals surface area contributed by atoms with E-state index in [0.29, 0.717) is 16.5 Å². The van der Waals surface area contributed by atoms with Crippen LogP contribution in [0.4, 0.5) is 5.13 Å². The van der Waals surface area contributed by atoms with Gasteiger partial charge in [-0.1, -0.05) is 53.4 Å². The molecule has 5 nitrogen and oxygen atoms in total. The predicted molar refractivity (Wildman–Crippen MR) is 93.9 cm³/mol. The van der Waals surface area contributed by atoms with Crippen LogP contribution in [0.1, 0.15) is 5.56 Å². The highest BCUT2D eigenvalue weighted by Crippen LogP contribution is 2.32. The van der Waals surface area contributed by atoms with Gasteiger partial charge in [0.15, 0.2) is 4.34 Å². The molecule has 0 saturated carbocycles. The molecule has 0 atom stereocenters. The summed E-state index contributed by atoms with van der Waals surface area (Å²) in [4.78, 5) is 11.8. The molecule has 4 rings (SSSR count). The van der Waals surface area contributed by atoms with Gasteiger partial charge in [-0.15, -0.1) is 10.2 Å². The summed E-state index contributed by atoms with van der Waals surface area (Å²) in [6, 6.07) is 13.4. The average Bonchev–Trinajstić information content (AvgIpc) is 2.97. The minimum Gasteiger partial charge on any atom is -0.423 e. The summed E-state index contributed by atoms with van der Waals surface area (Å²) >= 11 is 2.85. The topological polar surface area (TPSA) is 82.0 Å². The lowest BCUT2D eigenvalue weighted by Crippen LogP contribution is -2.00. The second kappa shape index (κ2) is 5.68. The van der Waals surface area contributed by atoms with Gasteiger partial charge >= 0.3 is 5.63 Å². The van der Waals surface area contributed by atoms with Crippen LogP contribution in [0.25, 0.3) is 21.7 Å². The second-order valence-corrected chi connectivity index (χ2v) is 7.18. The maximum Gasteiger partial charge on any atom is 0.336 e. The lowest BCUT2D eigenvalue weighted by molar-refractivity contribution is 0.560. The number of nitrogens with zero attached hydrogens (tertiary/aromatic N) is 2. The maximum atomic E-state index is 11.8. The molecule has 2 heterocycles. The van der Waals surface area contributed by atoms with E-state index in [1.807, 2.05) is 36.4 Å². The molecule has 0 spiro atoms. The molecule has 23 heavy (non-hydrogen) atoms. The van der Waals surface area contributed by atoms with Crippen LogP contribution in [-0.2, 0) is 5.75 Å². The summed E-state index contributed by atoms with van der Waals surface area (Å²) in [6.07, 6.45) is 0. The first-order valence-corrected chi connectivity index (χ1v) is 8.67. The van der Waals surface area contributed by atoms with Gasteiger partial charge in [0.25, 0.3) is 0 Å². The predicted octanol–water partition coefficient (Wildman–Crippen LogP) is 3.67. The third kappa shape index (κ3) is 2.69. The molecule has 114 valence electrons. The number of benzene rings is 2. The monoisotopic (exact) mass is 341 g/mol. The fraction of sp³-hybridized carbons (Fsp3) is 0.0625. The molecule has 0 aliphatic carbocycles. The van der Waals surface area contributed by atoms with E-state index in [1.54, 1.807) is 6.07 Å². The lowest BCUT2D eigenvalue weighted by atomic mass is 10.0. The van der Waals surface area contributed by atoms with Gasteiger partial charge in [0.05, 0.1) is 0 Å². The van der Waals surface area contributed by atoms with Crippen molar-refractivity contribution in [1.29, 1.82) is 0 Å². The van der Waals surface area contributed by atoms with Crippen molar-refractivity contribution in [3.05, 3.63) is 58.4 Å². The zero-order valence-electron chi connectivity index (χ0n) is 11.9. The van der Waals surface area contributed by atoms with E-state index in [9.17, 15) is 4.79 Å².